The molecule has 0 aromatic carbocycles. The summed E-state index contributed by atoms with van der Waals surface area (Å²) in [6.07, 6.45) is 2.39. The van der Waals surface area contributed by atoms with Crippen molar-refractivity contribution in [1.82, 2.24) is 25.2 Å². The molecule has 1 amide bonds. The maximum Gasteiger partial charge on any atom is 0.325 e. The minimum atomic E-state index is -0.442. The normalized spacial score (nSPS) is 14.7. The highest BCUT2D eigenvalue weighted by molar-refractivity contribution is 5.93. The van der Waals surface area contributed by atoms with Crippen molar-refractivity contribution < 1.29 is 14.3 Å². The van der Waals surface area contributed by atoms with Gasteiger partial charge in [-0.2, -0.15) is 0 Å². The molecule has 2 heterocycles. The predicted octanol–water partition coefficient (Wildman–Crippen LogP) is -0.552. The molecule has 0 unspecified atom stereocenters. The van der Waals surface area contributed by atoms with Crippen molar-refractivity contribution in [3.63, 3.8) is 0 Å². The van der Waals surface area contributed by atoms with E-state index in [1.165, 1.54) is 12.0 Å². The zero-order valence-electron chi connectivity index (χ0n) is 11.7. The zero-order valence-corrected chi connectivity index (χ0v) is 11.7. The van der Waals surface area contributed by atoms with Crippen LogP contribution in [-0.2, 0) is 9.53 Å². The van der Waals surface area contributed by atoms with E-state index < -0.39 is 5.97 Å². The van der Waals surface area contributed by atoms with Crippen LogP contribution in [0.1, 0.15) is 29.9 Å². The number of nitrogens with zero attached hydrogens (tertiary/aromatic N) is 4. The molecule has 0 aliphatic carbocycles. The third-order valence-electron chi connectivity index (χ3n) is 3.19. The van der Waals surface area contributed by atoms with E-state index in [4.69, 9.17) is 0 Å². The summed E-state index contributed by atoms with van der Waals surface area (Å²) in [7, 11) is 1.30. The van der Waals surface area contributed by atoms with Crippen LogP contribution >= 0.6 is 0 Å². The molecule has 0 bridgehead atoms. The van der Waals surface area contributed by atoms with Gasteiger partial charge in [-0.3, -0.25) is 9.59 Å². The van der Waals surface area contributed by atoms with E-state index in [-0.39, 0.29) is 24.2 Å². The van der Waals surface area contributed by atoms with Gasteiger partial charge in [0, 0.05) is 19.6 Å². The van der Waals surface area contributed by atoms with Crippen LogP contribution in [0.5, 0.6) is 0 Å². The highest BCUT2D eigenvalue weighted by atomic mass is 16.5. The van der Waals surface area contributed by atoms with Crippen LogP contribution in [0.15, 0.2) is 6.20 Å². The second kappa shape index (κ2) is 6.47. The Morgan fingerprint density at radius 1 is 1.55 bits per heavy atom. The maximum absolute atomic E-state index is 12.3. The lowest BCUT2D eigenvalue weighted by Crippen LogP contribution is -2.43. The number of hydrogen-bond donors (Lipinski definition) is 1. The van der Waals surface area contributed by atoms with Crippen LogP contribution in [-0.4, -0.2) is 65.1 Å². The Balaban J connectivity index is 2.05. The Bertz CT molecular complexity index is 483. The molecule has 1 aliphatic rings. The molecular weight excluding hydrogens is 262 g/mol. The molecule has 8 nitrogen and oxygen atoms in total. The van der Waals surface area contributed by atoms with Gasteiger partial charge in [0.05, 0.1) is 19.3 Å². The van der Waals surface area contributed by atoms with E-state index >= 15 is 0 Å². The van der Waals surface area contributed by atoms with Gasteiger partial charge in [0.2, 0.25) is 0 Å². The Morgan fingerprint density at radius 3 is 2.85 bits per heavy atom. The Labute approximate surface area is 117 Å². The Kier molecular flexibility index (Phi) is 4.67. The zero-order chi connectivity index (χ0) is 14.5. The quantitative estimate of drug-likeness (QED) is 0.704. The molecule has 1 aliphatic heterocycles. The van der Waals surface area contributed by atoms with E-state index in [2.05, 4.69) is 20.4 Å². The Hall–Kier alpha value is -1.96. The lowest BCUT2D eigenvalue weighted by molar-refractivity contribution is -0.141. The van der Waals surface area contributed by atoms with Gasteiger partial charge < -0.3 is 15.0 Å². The van der Waals surface area contributed by atoms with Gasteiger partial charge in [0.1, 0.15) is 6.54 Å². The summed E-state index contributed by atoms with van der Waals surface area (Å²) in [6, 6.07) is 0.254. The first-order valence-electron chi connectivity index (χ1n) is 6.64. The fourth-order valence-corrected chi connectivity index (χ4v) is 1.92. The molecule has 1 fully saturated rings. The standard InChI is InChI=1S/C12H19N5O3/c1-3-4-16(8-11(18)20-2)12(19)10-7-17(15-14-10)9-5-13-6-9/h7,9,13H,3-6,8H2,1-2H3. The average molecular weight is 281 g/mol. The number of esters is 1. The van der Waals surface area contributed by atoms with Gasteiger partial charge in [-0.15, -0.1) is 5.10 Å². The summed E-state index contributed by atoms with van der Waals surface area (Å²) in [5, 5.41) is 11.0. The molecule has 20 heavy (non-hydrogen) atoms. The number of hydrogen-bond acceptors (Lipinski definition) is 6. The second-order valence-corrected chi connectivity index (χ2v) is 4.70. The summed E-state index contributed by atoms with van der Waals surface area (Å²) < 4.78 is 6.29. The third kappa shape index (κ3) is 3.13. The highest BCUT2D eigenvalue weighted by Gasteiger charge is 2.24. The summed E-state index contributed by atoms with van der Waals surface area (Å²) in [4.78, 5) is 25.1. The monoisotopic (exact) mass is 281 g/mol. The first kappa shape index (κ1) is 14.4. The topological polar surface area (TPSA) is 89.4 Å². The third-order valence-corrected chi connectivity index (χ3v) is 3.19. The van der Waals surface area contributed by atoms with Crippen LogP contribution in [0.4, 0.5) is 0 Å². The number of carbonyl (C=O) groups excluding carboxylic acids is 2. The molecular formula is C12H19N5O3. The molecule has 110 valence electrons. The summed E-state index contributed by atoms with van der Waals surface area (Å²) in [5.41, 5.74) is 0.259. The van der Waals surface area contributed by atoms with Crippen LogP contribution in [0.3, 0.4) is 0 Å². The number of carbonyl (C=O) groups is 2. The molecule has 2 rings (SSSR count). The number of amides is 1. The molecule has 0 saturated carbocycles. The summed E-state index contributed by atoms with van der Waals surface area (Å²) >= 11 is 0. The molecule has 8 heteroatoms. The van der Waals surface area contributed by atoms with Crippen molar-refractivity contribution in [2.24, 2.45) is 0 Å². The Morgan fingerprint density at radius 2 is 2.30 bits per heavy atom. The fourth-order valence-electron chi connectivity index (χ4n) is 1.92. The number of nitrogens with one attached hydrogen (secondary N) is 1. The summed E-state index contributed by atoms with van der Waals surface area (Å²) in [6.45, 7) is 4.01. The first-order chi connectivity index (χ1) is 9.65. The fraction of sp³-hybridized carbons (Fsp3) is 0.667. The van der Waals surface area contributed by atoms with Crippen molar-refractivity contribution in [1.29, 1.82) is 0 Å². The van der Waals surface area contributed by atoms with Crippen molar-refractivity contribution in [2.75, 3.05) is 33.3 Å². The molecule has 1 aromatic rings. The van der Waals surface area contributed by atoms with Gasteiger partial charge in [-0.05, 0) is 6.42 Å². The highest BCUT2D eigenvalue weighted by Crippen LogP contribution is 2.11. The molecule has 1 N–H and O–H groups in total. The second-order valence-electron chi connectivity index (χ2n) is 4.70. The SMILES string of the molecule is CCCN(CC(=O)OC)C(=O)c1cn(C2CNC2)nn1. The molecule has 0 spiro atoms. The van der Waals surface area contributed by atoms with Gasteiger partial charge in [0.15, 0.2) is 5.69 Å². The van der Waals surface area contributed by atoms with Crippen LogP contribution < -0.4 is 5.32 Å². The molecule has 0 atom stereocenters. The first-order valence-corrected chi connectivity index (χ1v) is 6.64. The van der Waals surface area contributed by atoms with E-state index in [0.717, 1.165) is 19.5 Å². The maximum atomic E-state index is 12.3. The number of ether oxygens (including phenoxy) is 1. The van der Waals surface area contributed by atoms with Crippen molar-refractivity contribution in [3.8, 4) is 0 Å². The lowest BCUT2D eigenvalue weighted by Gasteiger charge is -2.26. The van der Waals surface area contributed by atoms with Crippen molar-refractivity contribution in [3.05, 3.63) is 11.9 Å². The van der Waals surface area contributed by atoms with Gasteiger partial charge in [-0.1, -0.05) is 12.1 Å². The smallest absolute Gasteiger partial charge is 0.325 e. The minimum absolute atomic E-state index is 0.0684. The van der Waals surface area contributed by atoms with E-state index in [1.807, 2.05) is 6.92 Å². The van der Waals surface area contributed by atoms with Gasteiger partial charge in [0.25, 0.3) is 5.91 Å². The largest absolute Gasteiger partial charge is 0.468 e. The average Bonchev–Trinajstić information content (AvgIpc) is 2.84. The van der Waals surface area contributed by atoms with Crippen molar-refractivity contribution in [2.45, 2.75) is 19.4 Å². The minimum Gasteiger partial charge on any atom is -0.468 e. The number of methoxy groups -OCH3 is 1. The van der Waals surface area contributed by atoms with E-state index in [9.17, 15) is 9.59 Å². The van der Waals surface area contributed by atoms with Crippen LogP contribution in [0.2, 0.25) is 0 Å². The van der Waals surface area contributed by atoms with E-state index in [0.29, 0.717) is 6.54 Å². The molecule has 1 aromatic heterocycles. The van der Waals surface area contributed by atoms with Gasteiger partial charge in [-0.25, -0.2) is 4.68 Å². The number of aromatic nitrogens is 3. The van der Waals surface area contributed by atoms with Crippen LogP contribution in [0.25, 0.3) is 0 Å². The van der Waals surface area contributed by atoms with Crippen LogP contribution in [0, 0.1) is 0 Å². The predicted molar refractivity (Wildman–Crippen MR) is 70.1 cm³/mol. The van der Waals surface area contributed by atoms with Gasteiger partial charge >= 0.3 is 5.97 Å². The lowest BCUT2D eigenvalue weighted by atomic mass is 10.2. The number of rotatable bonds is 6. The van der Waals surface area contributed by atoms with E-state index in [1.54, 1.807) is 10.9 Å². The summed E-state index contributed by atoms with van der Waals surface area (Å²) in [5.74, 6) is -0.738. The molecule has 0 radical (unpaired) electrons. The molecule has 1 saturated heterocycles. The van der Waals surface area contributed by atoms with Crippen molar-refractivity contribution >= 4 is 11.9 Å².